The minimum absolute atomic E-state index is 0.266. The minimum atomic E-state index is -1.37. The highest BCUT2D eigenvalue weighted by Crippen LogP contribution is 2.36. The molecule has 2 heterocycles. The fourth-order valence-electron chi connectivity index (χ4n) is 3.57. The lowest BCUT2D eigenvalue weighted by molar-refractivity contribution is -0.130. The van der Waals surface area contributed by atoms with E-state index in [0.717, 1.165) is 20.5 Å². The summed E-state index contributed by atoms with van der Waals surface area (Å²) in [4.78, 5) is 40.1. The van der Waals surface area contributed by atoms with Crippen molar-refractivity contribution in [3.8, 4) is 0 Å². The molecule has 0 saturated carbocycles. The largest absolute Gasteiger partial charge is 0.325 e. The van der Waals surface area contributed by atoms with Gasteiger partial charge in [0.2, 0.25) is 0 Å². The number of thiophene rings is 1. The molecule has 1 aliphatic rings. The number of hydrogen-bond donors (Lipinski definition) is 1. The maximum Gasteiger partial charge on any atom is 0.325 e. The van der Waals surface area contributed by atoms with Crippen LogP contribution in [0.1, 0.15) is 27.7 Å². The number of nitrogens with zero attached hydrogens (tertiary/aromatic N) is 1. The number of fused-ring (bicyclic) bond motifs is 1. The van der Waals surface area contributed by atoms with Crippen molar-refractivity contribution in [2.24, 2.45) is 0 Å². The fraction of sp³-hybridized carbons (Fsp3) is 0.190. The SMILES string of the molecule is Cc1c(C(=O)CN2C(=O)NC(C)(c3ccc(Cl)cc3Cl)C2=O)sc2ccccc12. The highest BCUT2D eigenvalue weighted by Gasteiger charge is 2.50. The van der Waals surface area contributed by atoms with E-state index in [1.165, 1.54) is 17.4 Å². The Morgan fingerprint density at radius 1 is 1.17 bits per heavy atom. The van der Waals surface area contributed by atoms with Gasteiger partial charge < -0.3 is 5.32 Å². The van der Waals surface area contributed by atoms with Gasteiger partial charge in [-0.1, -0.05) is 47.5 Å². The first-order chi connectivity index (χ1) is 13.7. The van der Waals surface area contributed by atoms with Crippen LogP contribution in [-0.2, 0) is 10.3 Å². The molecule has 5 nitrogen and oxygen atoms in total. The first-order valence-corrected chi connectivity index (χ1v) is 10.4. The van der Waals surface area contributed by atoms with Gasteiger partial charge in [0.05, 0.1) is 11.4 Å². The summed E-state index contributed by atoms with van der Waals surface area (Å²) in [6, 6.07) is 11.8. The maximum atomic E-state index is 13.1. The highest BCUT2D eigenvalue weighted by atomic mass is 35.5. The van der Waals surface area contributed by atoms with Crippen molar-refractivity contribution in [3.63, 3.8) is 0 Å². The van der Waals surface area contributed by atoms with E-state index in [9.17, 15) is 14.4 Å². The summed E-state index contributed by atoms with van der Waals surface area (Å²) in [5, 5.41) is 4.35. The van der Waals surface area contributed by atoms with Crippen molar-refractivity contribution in [2.75, 3.05) is 6.54 Å². The number of imide groups is 1. The second-order valence-corrected chi connectivity index (χ2v) is 8.94. The first-order valence-electron chi connectivity index (χ1n) is 8.83. The molecular weight excluding hydrogens is 431 g/mol. The number of aryl methyl sites for hydroxylation is 1. The molecular formula is C21H16Cl2N2O3S. The Hall–Kier alpha value is -2.41. The number of ketones is 1. The van der Waals surface area contributed by atoms with Crippen molar-refractivity contribution in [1.82, 2.24) is 10.2 Å². The summed E-state index contributed by atoms with van der Waals surface area (Å²) >= 11 is 13.6. The molecule has 1 aliphatic heterocycles. The quantitative estimate of drug-likeness (QED) is 0.444. The molecule has 148 valence electrons. The van der Waals surface area contributed by atoms with Gasteiger partial charge in [0.15, 0.2) is 5.78 Å². The van der Waals surface area contributed by atoms with Gasteiger partial charge in [-0.2, -0.15) is 0 Å². The number of rotatable bonds is 4. The molecule has 1 fully saturated rings. The fourth-order valence-corrected chi connectivity index (χ4v) is 5.31. The predicted octanol–water partition coefficient (Wildman–Crippen LogP) is 5.17. The van der Waals surface area contributed by atoms with Gasteiger partial charge in [0.1, 0.15) is 5.54 Å². The van der Waals surface area contributed by atoms with Gasteiger partial charge in [-0.05, 0) is 43.0 Å². The second kappa shape index (κ2) is 7.13. The van der Waals surface area contributed by atoms with Gasteiger partial charge in [-0.25, -0.2) is 4.79 Å². The number of nitrogens with one attached hydrogen (secondary N) is 1. The van der Waals surface area contributed by atoms with Gasteiger partial charge in [0, 0.05) is 20.3 Å². The third kappa shape index (κ3) is 3.21. The predicted molar refractivity (Wildman–Crippen MR) is 115 cm³/mol. The van der Waals surface area contributed by atoms with E-state index in [0.29, 0.717) is 15.5 Å². The van der Waals surface area contributed by atoms with Crippen LogP contribution in [0, 0.1) is 6.92 Å². The van der Waals surface area contributed by atoms with Crippen molar-refractivity contribution < 1.29 is 14.4 Å². The minimum Gasteiger partial charge on any atom is -0.319 e. The number of carbonyl (C=O) groups is 3. The van der Waals surface area contributed by atoms with E-state index in [2.05, 4.69) is 5.32 Å². The molecule has 1 saturated heterocycles. The Labute approximate surface area is 181 Å². The number of benzene rings is 2. The van der Waals surface area contributed by atoms with Crippen LogP contribution in [0.25, 0.3) is 10.1 Å². The van der Waals surface area contributed by atoms with E-state index in [1.54, 1.807) is 19.1 Å². The molecule has 4 rings (SSSR count). The number of Topliss-reactive ketones (excluding diaryl/α,β-unsaturated/α-hetero) is 1. The second-order valence-electron chi connectivity index (χ2n) is 7.05. The summed E-state index contributed by atoms with van der Waals surface area (Å²) in [7, 11) is 0. The first kappa shape index (κ1) is 19.9. The molecule has 2 aromatic carbocycles. The normalized spacial score (nSPS) is 19.1. The highest BCUT2D eigenvalue weighted by molar-refractivity contribution is 7.21. The molecule has 0 radical (unpaired) electrons. The maximum absolute atomic E-state index is 13.1. The summed E-state index contributed by atoms with van der Waals surface area (Å²) in [6.45, 7) is 3.10. The topological polar surface area (TPSA) is 66.5 Å². The molecule has 1 atom stereocenters. The van der Waals surface area contributed by atoms with Crippen LogP contribution in [0.3, 0.4) is 0 Å². The Bertz CT molecular complexity index is 1190. The smallest absolute Gasteiger partial charge is 0.319 e. The van der Waals surface area contributed by atoms with E-state index in [1.807, 2.05) is 31.2 Å². The van der Waals surface area contributed by atoms with Crippen molar-refractivity contribution in [3.05, 3.63) is 68.5 Å². The number of hydrogen-bond acceptors (Lipinski definition) is 4. The van der Waals surface area contributed by atoms with Crippen molar-refractivity contribution >= 4 is 62.3 Å². The van der Waals surface area contributed by atoms with Crippen LogP contribution >= 0.6 is 34.5 Å². The van der Waals surface area contributed by atoms with Gasteiger partial charge in [0.25, 0.3) is 5.91 Å². The van der Waals surface area contributed by atoms with Crippen LogP contribution in [0.5, 0.6) is 0 Å². The summed E-state index contributed by atoms with van der Waals surface area (Å²) in [5.74, 6) is -0.808. The molecule has 1 N–H and O–H groups in total. The third-order valence-electron chi connectivity index (χ3n) is 5.14. The molecule has 3 amide bonds. The zero-order chi connectivity index (χ0) is 20.9. The molecule has 0 bridgehead atoms. The Morgan fingerprint density at radius 2 is 1.90 bits per heavy atom. The van der Waals surface area contributed by atoms with E-state index < -0.39 is 17.5 Å². The van der Waals surface area contributed by atoms with Crippen LogP contribution in [0.2, 0.25) is 10.0 Å². The van der Waals surface area contributed by atoms with Crippen molar-refractivity contribution in [1.29, 1.82) is 0 Å². The molecule has 3 aromatic rings. The van der Waals surface area contributed by atoms with Crippen molar-refractivity contribution in [2.45, 2.75) is 19.4 Å². The average molecular weight is 447 g/mol. The molecule has 8 heteroatoms. The number of carbonyl (C=O) groups excluding carboxylic acids is 3. The van der Waals surface area contributed by atoms with Gasteiger partial charge in [-0.3, -0.25) is 14.5 Å². The summed E-state index contributed by atoms with van der Waals surface area (Å²) in [5.41, 5.74) is -0.0881. The van der Waals surface area contributed by atoms with E-state index >= 15 is 0 Å². The Kier molecular flexibility index (Phi) is 4.89. The molecule has 0 spiro atoms. The van der Waals surface area contributed by atoms with Gasteiger partial charge >= 0.3 is 6.03 Å². The molecule has 1 unspecified atom stereocenters. The molecule has 29 heavy (non-hydrogen) atoms. The lowest BCUT2D eigenvalue weighted by atomic mass is 9.92. The third-order valence-corrected chi connectivity index (χ3v) is 7.01. The zero-order valence-electron chi connectivity index (χ0n) is 15.6. The average Bonchev–Trinajstić information content (AvgIpc) is 3.12. The monoisotopic (exact) mass is 446 g/mol. The van der Waals surface area contributed by atoms with Crippen LogP contribution in [-0.4, -0.2) is 29.2 Å². The lowest BCUT2D eigenvalue weighted by Crippen LogP contribution is -2.41. The van der Waals surface area contributed by atoms with Gasteiger partial charge in [-0.15, -0.1) is 11.3 Å². The molecule has 0 aliphatic carbocycles. The van der Waals surface area contributed by atoms with Crippen LogP contribution < -0.4 is 5.32 Å². The molecule has 1 aromatic heterocycles. The summed E-state index contributed by atoms with van der Waals surface area (Å²) < 4.78 is 0.989. The lowest BCUT2D eigenvalue weighted by Gasteiger charge is -2.23. The van der Waals surface area contributed by atoms with E-state index in [-0.39, 0.29) is 17.4 Å². The standard InChI is InChI=1S/C21H16Cl2N2O3S/c1-11-13-5-3-4-6-17(13)29-18(11)16(26)10-25-19(27)21(2,24-20(25)28)14-8-7-12(22)9-15(14)23/h3-9H,10H2,1-2H3,(H,24,28). The number of urea groups is 1. The van der Waals surface area contributed by atoms with Crippen LogP contribution in [0.4, 0.5) is 4.79 Å². The Morgan fingerprint density at radius 3 is 2.59 bits per heavy atom. The summed E-state index contributed by atoms with van der Waals surface area (Å²) in [6.07, 6.45) is 0. The van der Waals surface area contributed by atoms with E-state index in [4.69, 9.17) is 23.2 Å². The number of halogens is 2. The number of amides is 3. The zero-order valence-corrected chi connectivity index (χ0v) is 17.9. The van der Waals surface area contributed by atoms with Crippen LogP contribution in [0.15, 0.2) is 42.5 Å². The Balaban J connectivity index is 1.64.